The summed E-state index contributed by atoms with van der Waals surface area (Å²) in [5.74, 6) is 0.482. The van der Waals surface area contributed by atoms with E-state index in [1.54, 1.807) is 48.7 Å². The summed E-state index contributed by atoms with van der Waals surface area (Å²) in [4.78, 5) is 12.9. The lowest BCUT2D eigenvalue weighted by Gasteiger charge is -2.21. The van der Waals surface area contributed by atoms with Gasteiger partial charge in [0.15, 0.2) is 10.4 Å². The number of hydrazone groups is 1. The van der Waals surface area contributed by atoms with Crippen molar-refractivity contribution in [2.24, 2.45) is 5.10 Å². The van der Waals surface area contributed by atoms with Crippen LogP contribution in [0.4, 0.5) is 0 Å². The summed E-state index contributed by atoms with van der Waals surface area (Å²) < 4.78 is 11.2. The first-order chi connectivity index (χ1) is 12.1. The molecule has 4 rings (SSSR count). The smallest absolute Gasteiger partial charge is 0.310 e. The van der Waals surface area contributed by atoms with Crippen molar-refractivity contribution in [1.82, 2.24) is 5.01 Å². The zero-order chi connectivity index (χ0) is 17.4. The molecule has 6 nitrogen and oxygen atoms in total. The maximum atomic E-state index is 12.9. The molecule has 0 aliphatic carbocycles. The van der Waals surface area contributed by atoms with Gasteiger partial charge in [-0.3, -0.25) is 4.79 Å². The summed E-state index contributed by atoms with van der Waals surface area (Å²) >= 11 is 3.20. The summed E-state index contributed by atoms with van der Waals surface area (Å²) in [6, 6.07) is 13.2. The molecule has 2 aromatic heterocycles. The van der Waals surface area contributed by atoms with Crippen molar-refractivity contribution in [2.45, 2.75) is 12.5 Å². The van der Waals surface area contributed by atoms with Crippen molar-refractivity contribution >= 4 is 27.5 Å². The minimum absolute atomic E-state index is 0.113. The summed E-state index contributed by atoms with van der Waals surface area (Å²) in [5, 5.41) is 16.0. The van der Waals surface area contributed by atoms with Gasteiger partial charge in [0.2, 0.25) is 0 Å². The zero-order valence-electron chi connectivity index (χ0n) is 12.9. The van der Waals surface area contributed by atoms with Gasteiger partial charge in [0.05, 0.1) is 12.3 Å². The molecule has 0 bridgehead atoms. The number of carbonyl (C=O) groups excluding carboxylic acids is 1. The fraction of sp³-hybridized carbons (Fsp3) is 0.111. The van der Waals surface area contributed by atoms with Crippen molar-refractivity contribution in [1.29, 1.82) is 0 Å². The number of furan rings is 2. The molecule has 0 fully saturated rings. The lowest BCUT2D eigenvalue weighted by molar-refractivity contribution is 0.0675. The first kappa shape index (κ1) is 15.7. The van der Waals surface area contributed by atoms with Crippen LogP contribution in [-0.2, 0) is 0 Å². The molecule has 1 N–H and O–H groups in total. The third kappa shape index (κ3) is 2.87. The molecule has 1 aliphatic rings. The molecule has 7 heteroatoms. The van der Waals surface area contributed by atoms with Gasteiger partial charge in [0.1, 0.15) is 17.2 Å². The third-order valence-electron chi connectivity index (χ3n) is 4.00. The highest BCUT2D eigenvalue weighted by Gasteiger charge is 2.36. The van der Waals surface area contributed by atoms with Gasteiger partial charge < -0.3 is 13.9 Å². The molecule has 1 aromatic carbocycles. The second-order valence-electron chi connectivity index (χ2n) is 5.56. The van der Waals surface area contributed by atoms with E-state index < -0.39 is 6.04 Å². The van der Waals surface area contributed by atoms with Gasteiger partial charge in [-0.25, -0.2) is 5.01 Å². The molecule has 0 unspecified atom stereocenters. The van der Waals surface area contributed by atoms with Crippen LogP contribution in [0.2, 0.25) is 0 Å². The van der Waals surface area contributed by atoms with Gasteiger partial charge in [-0.15, -0.1) is 0 Å². The average molecular weight is 401 g/mol. The summed E-state index contributed by atoms with van der Waals surface area (Å²) in [6.45, 7) is 0. The fourth-order valence-corrected chi connectivity index (χ4v) is 3.15. The van der Waals surface area contributed by atoms with E-state index in [9.17, 15) is 9.90 Å². The van der Waals surface area contributed by atoms with E-state index in [0.29, 0.717) is 28.1 Å². The van der Waals surface area contributed by atoms with Crippen LogP contribution < -0.4 is 0 Å². The van der Waals surface area contributed by atoms with Crippen molar-refractivity contribution < 1.29 is 18.7 Å². The number of carbonyl (C=O) groups is 1. The van der Waals surface area contributed by atoms with E-state index in [1.807, 2.05) is 6.07 Å². The number of phenolic OH excluding ortho intramolecular Hbond substituents is 1. The zero-order valence-corrected chi connectivity index (χ0v) is 14.5. The molecule has 25 heavy (non-hydrogen) atoms. The monoisotopic (exact) mass is 400 g/mol. The average Bonchev–Trinajstić information content (AvgIpc) is 3.34. The molecule has 1 aliphatic heterocycles. The van der Waals surface area contributed by atoms with Crippen LogP contribution in [0, 0.1) is 0 Å². The second-order valence-corrected chi connectivity index (χ2v) is 6.34. The number of hydrogen-bond acceptors (Lipinski definition) is 5. The van der Waals surface area contributed by atoms with E-state index >= 15 is 0 Å². The second kappa shape index (κ2) is 6.25. The number of hydrogen-bond donors (Lipinski definition) is 1. The van der Waals surface area contributed by atoms with Crippen LogP contribution in [0.5, 0.6) is 5.75 Å². The van der Waals surface area contributed by atoms with Crippen molar-refractivity contribution in [3.8, 4) is 5.75 Å². The highest BCUT2D eigenvalue weighted by atomic mass is 79.9. The van der Waals surface area contributed by atoms with Crippen molar-refractivity contribution in [2.75, 3.05) is 0 Å². The van der Waals surface area contributed by atoms with E-state index in [1.165, 1.54) is 5.01 Å². The van der Waals surface area contributed by atoms with Gasteiger partial charge in [0.25, 0.3) is 0 Å². The molecule has 0 spiro atoms. The van der Waals surface area contributed by atoms with E-state index in [2.05, 4.69) is 21.0 Å². The number of amides is 1. The van der Waals surface area contributed by atoms with Gasteiger partial charge in [-0.05, 0) is 46.3 Å². The number of halogens is 1. The molecule has 1 atom stereocenters. The maximum absolute atomic E-state index is 12.9. The summed E-state index contributed by atoms with van der Waals surface area (Å²) in [7, 11) is 0. The van der Waals surface area contributed by atoms with Gasteiger partial charge in [-0.2, -0.15) is 5.10 Å². The SMILES string of the molecule is O=C(c1ccc(Br)o1)N1N=C(c2ccco2)C[C@@H]1c1ccccc1O. The first-order valence-electron chi connectivity index (χ1n) is 7.61. The Bertz CT molecular complexity index is 946. The van der Waals surface area contributed by atoms with E-state index in [4.69, 9.17) is 8.83 Å². The standard InChI is InChI=1S/C18H13BrN2O4/c19-17-8-7-16(25-17)18(23)21-13(11-4-1-2-5-14(11)22)10-12(20-21)15-6-3-9-24-15/h1-9,13,22H,10H2/t13-/m1/s1. The highest BCUT2D eigenvalue weighted by molar-refractivity contribution is 9.10. The van der Waals surface area contributed by atoms with Crippen LogP contribution in [0.25, 0.3) is 0 Å². The number of benzene rings is 1. The molecular formula is C18H13BrN2O4. The van der Waals surface area contributed by atoms with Gasteiger partial charge in [0, 0.05) is 12.0 Å². The number of aromatic hydroxyl groups is 1. The Morgan fingerprint density at radius 2 is 2.04 bits per heavy atom. The van der Waals surface area contributed by atoms with E-state index in [-0.39, 0.29) is 17.4 Å². The molecule has 0 saturated carbocycles. The Morgan fingerprint density at radius 3 is 2.72 bits per heavy atom. The topological polar surface area (TPSA) is 79.2 Å². The Balaban J connectivity index is 1.75. The minimum Gasteiger partial charge on any atom is -0.508 e. The number of para-hydroxylation sites is 1. The number of nitrogens with zero attached hydrogens (tertiary/aromatic N) is 2. The molecule has 3 aromatic rings. The predicted octanol–water partition coefficient (Wildman–Crippen LogP) is 4.33. The van der Waals surface area contributed by atoms with Gasteiger partial charge >= 0.3 is 5.91 Å². The Hall–Kier alpha value is -2.80. The third-order valence-corrected chi connectivity index (χ3v) is 4.43. The largest absolute Gasteiger partial charge is 0.508 e. The van der Waals surface area contributed by atoms with Gasteiger partial charge in [-0.1, -0.05) is 18.2 Å². The quantitative estimate of drug-likeness (QED) is 0.709. The lowest BCUT2D eigenvalue weighted by atomic mass is 10.00. The van der Waals surface area contributed by atoms with Crippen LogP contribution in [0.15, 0.2) is 73.4 Å². The Morgan fingerprint density at radius 1 is 1.20 bits per heavy atom. The van der Waals surface area contributed by atoms with Crippen LogP contribution in [-0.4, -0.2) is 21.7 Å². The molecule has 1 amide bonds. The Labute approximate surface area is 151 Å². The normalized spacial score (nSPS) is 16.9. The van der Waals surface area contributed by atoms with Crippen molar-refractivity contribution in [3.63, 3.8) is 0 Å². The minimum atomic E-state index is -0.447. The predicted molar refractivity (Wildman–Crippen MR) is 93.3 cm³/mol. The highest BCUT2D eigenvalue weighted by Crippen LogP contribution is 2.38. The molecule has 3 heterocycles. The lowest BCUT2D eigenvalue weighted by Crippen LogP contribution is -2.26. The maximum Gasteiger partial charge on any atom is 0.310 e. The molecular weight excluding hydrogens is 388 g/mol. The fourth-order valence-electron chi connectivity index (χ4n) is 2.84. The molecule has 0 saturated heterocycles. The molecule has 126 valence electrons. The van der Waals surface area contributed by atoms with Crippen LogP contribution in [0.1, 0.15) is 34.3 Å². The molecule has 0 radical (unpaired) electrons. The van der Waals surface area contributed by atoms with Crippen molar-refractivity contribution in [3.05, 3.63) is 76.5 Å². The first-order valence-corrected chi connectivity index (χ1v) is 8.41. The Kier molecular flexibility index (Phi) is 3.93. The van der Waals surface area contributed by atoms with Crippen LogP contribution in [0.3, 0.4) is 0 Å². The van der Waals surface area contributed by atoms with Crippen LogP contribution >= 0.6 is 15.9 Å². The summed E-state index contributed by atoms with van der Waals surface area (Å²) in [5.41, 5.74) is 1.25. The summed E-state index contributed by atoms with van der Waals surface area (Å²) in [6.07, 6.45) is 1.99. The van der Waals surface area contributed by atoms with E-state index in [0.717, 1.165) is 0 Å². The number of phenols is 1. The number of rotatable bonds is 3.